The summed E-state index contributed by atoms with van der Waals surface area (Å²) in [6, 6.07) is 13.6. The number of ether oxygens (including phenoxy) is 2. The van der Waals surface area contributed by atoms with Crippen LogP contribution in [0.15, 0.2) is 48.5 Å². The number of piperazine rings is 1. The van der Waals surface area contributed by atoms with Gasteiger partial charge in [-0.25, -0.2) is 0 Å². The Bertz CT molecular complexity index is 938. The van der Waals surface area contributed by atoms with E-state index in [4.69, 9.17) is 4.74 Å². The van der Waals surface area contributed by atoms with E-state index < -0.39 is 24.4 Å². The van der Waals surface area contributed by atoms with Gasteiger partial charge in [-0.15, -0.1) is 0 Å². The zero-order valence-electron chi connectivity index (χ0n) is 17.5. The zero-order valence-corrected chi connectivity index (χ0v) is 17.5. The molecule has 0 saturated carbocycles. The second-order valence-corrected chi connectivity index (χ2v) is 8.46. The summed E-state index contributed by atoms with van der Waals surface area (Å²) in [7, 11) is 0. The SMILES string of the molecule is CC1(C)Oc2ccc(OC(F)F)cc2[C@H](N2CCN(Cc3ccccc3)CC2=O)[C@H]1O. The number of hydrogen-bond acceptors (Lipinski definition) is 5. The highest BCUT2D eigenvalue weighted by atomic mass is 19.3. The van der Waals surface area contributed by atoms with E-state index in [-0.39, 0.29) is 18.2 Å². The van der Waals surface area contributed by atoms with Crippen molar-refractivity contribution in [3.63, 3.8) is 0 Å². The monoisotopic (exact) mass is 432 g/mol. The highest BCUT2D eigenvalue weighted by molar-refractivity contribution is 5.80. The maximum Gasteiger partial charge on any atom is 0.387 e. The smallest absolute Gasteiger partial charge is 0.387 e. The molecule has 31 heavy (non-hydrogen) atoms. The van der Waals surface area contributed by atoms with Crippen LogP contribution in [0.3, 0.4) is 0 Å². The van der Waals surface area contributed by atoms with Gasteiger partial charge in [-0.1, -0.05) is 30.3 Å². The lowest BCUT2D eigenvalue weighted by molar-refractivity contribution is -0.150. The Morgan fingerprint density at radius 3 is 2.61 bits per heavy atom. The minimum atomic E-state index is -2.97. The average molecular weight is 432 g/mol. The van der Waals surface area contributed by atoms with Gasteiger partial charge in [-0.05, 0) is 37.6 Å². The third kappa shape index (κ3) is 4.50. The third-order valence-electron chi connectivity index (χ3n) is 5.83. The molecule has 1 fully saturated rings. The zero-order chi connectivity index (χ0) is 22.2. The number of benzene rings is 2. The molecule has 2 aromatic carbocycles. The molecule has 6 nitrogen and oxygen atoms in total. The van der Waals surface area contributed by atoms with Crippen molar-refractivity contribution in [3.05, 3.63) is 59.7 Å². The summed E-state index contributed by atoms with van der Waals surface area (Å²) < 4.78 is 35.9. The fraction of sp³-hybridized carbons (Fsp3) is 0.435. The quantitative estimate of drug-likeness (QED) is 0.786. The van der Waals surface area contributed by atoms with E-state index in [1.165, 1.54) is 12.1 Å². The van der Waals surface area contributed by atoms with Crippen LogP contribution < -0.4 is 9.47 Å². The third-order valence-corrected chi connectivity index (χ3v) is 5.83. The van der Waals surface area contributed by atoms with Crippen molar-refractivity contribution < 1.29 is 28.2 Å². The summed E-state index contributed by atoms with van der Waals surface area (Å²) in [5.74, 6) is 0.279. The molecule has 1 N–H and O–H groups in total. The summed E-state index contributed by atoms with van der Waals surface area (Å²) in [6.07, 6.45) is -1.04. The molecule has 2 heterocycles. The molecule has 2 aliphatic heterocycles. The Hall–Kier alpha value is -2.71. The van der Waals surface area contributed by atoms with E-state index in [0.717, 1.165) is 5.56 Å². The summed E-state index contributed by atoms with van der Waals surface area (Å²) in [5, 5.41) is 11.1. The van der Waals surface area contributed by atoms with Gasteiger partial charge in [0, 0.05) is 25.2 Å². The normalized spacial score (nSPS) is 23.4. The van der Waals surface area contributed by atoms with Crippen molar-refractivity contribution in [1.29, 1.82) is 0 Å². The fourth-order valence-corrected chi connectivity index (χ4v) is 4.26. The molecule has 2 aliphatic rings. The van der Waals surface area contributed by atoms with E-state index in [1.54, 1.807) is 24.8 Å². The van der Waals surface area contributed by atoms with Crippen LogP contribution >= 0.6 is 0 Å². The number of fused-ring (bicyclic) bond motifs is 1. The highest BCUT2D eigenvalue weighted by Gasteiger charge is 2.47. The first-order valence-corrected chi connectivity index (χ1v) is 10.3. The molecule has 0 radical (unpaired) electrons. The van der Waals surface area contributed by atoms with Crippen LogP contribution in [-0.2, 0) is 11.3 Å². The molecular weight excluding hydrogens is 406 g/mol. The Balaban J connectivity index is 1.58. The van der Waals surface area contributed by atoms with Gasteiger partial charge >= 0.3 is 6.61 Å². The first-order chi connectivity index (χ1) is 14.7. The van der Waals surface area contributed by atoms with E-state index in [2.05, 4.69) is 9.64 Å². The molecule has 0 bridgehead atoms. The van der Waals surface area contributed by atoms with Gasteiger partial charge < -0.3 is 19.5 Å². The van der Waals surface area contributed by atoms with Crippen LogP contribution in [-0.4, -0.2) is 58.8 Å². The van der Waals surface area contributed by atoms with Crippen LogP contribution in [0.25, 0.3) is 0 Å². The molecule has 0 spiro atoms. The van der Waals surface area contributed by atoms with Gasteiger partial charge in [0.15, 0.2) is 0 Å². The fourth-order valence-electron chi connectivity index (χ4n) is 4.26. The van der Waals surface area contributed by atoms with Crippen molar-refractivity contribution >= 4 is 5.91 Å². The predicted octanol–water partition coefficient (Wildman–Crippen LogP) is 3.21. The first-order valence-electron chi connectivity index (χ1n) is 10.3. The molecule has 2 aromatic rings. The molecule has 1 amide bonds. The van der Waals surface area contributed by atoms with Gasteiger partial charge in [0.1, 0.15) is 23.2 Å². The Labute approximate surface area is 180 Å². The van der Waals surface area contributed by atoms with Crippen LogP contribution in [0.4, 0.5) is 8.78 Å². The molecule has 0 aliphatic carbocycles. The number of halogens is 2. The highest BCUT2D eigenvalue weighted by Crippen LogP contribution is 2.44. The average Bonchev–Trinajstić information content (AvgIpc) is 2.71. The van der Waals surface area contributed by atoms with Crippen LogP contribution in [0.5, 0.6) is 11.5 Å². The molecule has 8 heteroatoms. The first kappa shape index (κ1) is 21.5. The number of amides is 1. The molecule has 2 atom stereocenters. The maximum absolute atomic E-state index is 13.1. The van der Waals surface area contributed by atoms with Crippen molar-refractivity contribution in [3.8, 4) is 11.5 Å². The number of alkyl halides is 2. The van der Waals surface area contributed by atoms with Gasteiger partial charge in [0.05, 0.1) is 12.6 Å². The van der Waals surface area contributed by atoms with Gasteiger partial charge in [0.2, 0.25) is 5.91 Å². The summed E-state index contributed by atoms with van der Waals surface area (Å²) in [4.78, 5) is 16.8. The number of aliphatic hydroxyl groups is 1. The number of aliphatic hydroxyl groups excluding tert-OH is 1. The topological polar surface area (TPSA) is 62.2 Å². The van der Waals surface area contributed by atoms with Crippen LogP contribution in [0.2, 0.25) is 0 Å². The number of nitrogens with zero attached hydrogens (tertiary/aromatic N) is 2. The van der Waals surface area contributed by atoms with E-state index in [0.29, 0.717) is 30.9 Å². The van der Waals surface area contributed by atoms with E-state index >= 15 is 0 Å². The lowest BCUT2D eigenvalue weighted by Gasteiger charge is -2.48. The number of carbonyl (C=O) groups excluding carboxylic acids is 1. The van der Waals surface area contributed by atoms with E-state index in [9.17, 15) is 18.7 Å². The Kier molecular flexibility index (Phi) is 5.85. The molecule has 1 saturated heterocycles. The minimum absolute atomic E-state index is 0.0376. The largest absolute Gasteiger partial charge is 0.485 e. The standard InChI is InChI=1S/C23H26F2N2O4/c1-23(2)21(29)20(17-12-16(30-22(24)25)8-9-18(17)31-23)27-11-10-26(14-19(27)28)13-15-6-4-3-5-7-15/h3-9,12,20-22,29H,10-11,13-14H2,1-2H3/t20-,21+/m0/s1. The Morgan fingerprint density at radius 2 is 1.94 bits per heavy atom. The molecular formula is C23H26F2N2O4. The second-order valence-electron chi connectivity index (χ2n) is 8.46. The second kappa shape index (κ2) is 8.43. The number of rotatable bonds is 5. The van der Waals surface area contributed by atoms with Crippen molar-refractivity contribution in [2.45, 2.75) is 44.8 Å². The van der Waals surface area contributed by atoms with Crippen molar-refractivity contribution in [2.75, 3.05) is 19.6 Å². The summed E-state index contributed by atoms with van der Waals surface area (Å²) in [6.45, 7) is 2.43. The Morgan fingerprint density at radius 1 is 1.19 bits per heavy atom. The summed E-state index contributed by atoms with van der Waals surface area (Å²) in [5.41, 5.74) is 0.634. The maximum atomic E-state index is 13.1. The molecule has 4 rings (SSSR count). The van der Waals surface area contributed by atoms with E-state index in [1.807, 2.05) is 30.3 Å². The van der Waals surface area contributed by atoms with Crippen molar-refractivity contribution in [1.82, 2.24) is 9.80 Å². The molecule has 166 valence electrons. The number of carbonyl (C=O) groups is 1. The van der Waals surface area contributed by atoms with Crippen LogP contribution in [0, 0.1) is 0 Å². The van der Waals surface area contributed by atoms with Crippen LogP contribution in [0.1, 0.15) is 31.0 Å². The lowest BCUT2D eigenvalue weighted by atomic mass is 9.85. The number of hydrogen-bond donors (Lipinski definition) is 1. The van der Waals surface area contributed by atoms with Gasteiger partial charge in [-0.3, -0.25) is 9.69 Å². The van der Waals surface area contributed by atoms with Gasteiger partial charge in [-0.2, -0.15) is 8.78 Å². The molecule has 0 unspecified atom stereocenters. The molecule has 0 aromatic heterocycles. The van der Waals surface area contributed by atoms with Crippen molar-refractivity contribution in [2.24, 2.45) is 0 Å². The predicted molar refractivity (Wildman–Crippen MR) is 110 cm³/mol. The summed E-state index contributed by atoms with van der Waals surface area (Å²) >= 11 is 0. The lowest BCUT2D eigenvalue weighted by Crippen LogP contribution is -2.59. The van der Waals surface area contributed by atoms with Gasteiger partial charge in [0.25, 0.3) is 0 Å². The minimum Gasteiger partial charge on any atom is -0.485 e.